The second kappa shape index (κ2) is 7.78. The van der Waals surface area contributed by atoms with Crippen molar-refractivity contribution in [2.24, 2.45) is 0 Å². The van der Waals surface area contributed by atoms with Crippen molar-refractivity contribution in [1.29, 1.82) is 0 Å². The lowest BCUT2D eigenvalue weighted by atomic mass is 10.1. The summed E-state index contributed by atoms with van der Waals surface area (Å²) >= 11 is 6.04. The van der Waals surface area contributed by atoms with Crippen LogP contribution in [0.25, 0.3) is 16.7 Å². The fraction of sp³-hybridized carbons (Fsp3) is 0.250. The highest BCUT2D eigenvalue weighted by Gasteiger charge is 2.25. The molecule has 6 nitrogen and oxygen atoms in total. The number of anilines is 2. The highest BCUT2D eigenvalue weighted by molar-refractivity contribution is 6.30. The third kappa shape index (κ3) is 3.37. The second-order valence-electron chi connectivity index (χ2n) is 7.76. The van der Waals surface area contributed by atoms with E-state index in [0.717, 1.165) is 53.6 Å². The van der Waals surface area contributed by atoms with Gasteiger partial charge in [-0.1, -0.05) is 23.7 Å². The van der Waals surface area contributed by atoms with Gasteiger partial charge in [0.05, 0.1) is 18.1 Å². The zero-order chi connectivity index (χ0) is 21.5. The first kappa shape index (κ1) is 19.7. The predicted octanol–water partition coefficient (Wildman–Crippen LogP) is 4.56. The van der Waals surface area contributed by atoms with Crippen molar-refractivity contribution in [2.45, 2.75) is 6.92 Å². The number of halogens is 1. The molecule has 0 aliphatic carbocycles. The van der Waals surface area contributed by atoms with E-state index in [4.69, 9.17) is 21.3 Å². The number of hydrogen-bond donors (Lipinski definition) is 0. The quantitative estimate of drug-likeness (QED) is 0.442. The summed E-state index contributed by atoms with van der Waals surface area (Å²) in [5.41, 5.74) is 5.05. The fourth-order valence-corrected chi connectivity index (χ4v) is 4.49. The molecule has 3 heterocycles. The van der Waals surface area contributed by atoms with Gasteiger partial charge in [-0.15, -0.1) is 0 Å². The van der Waals surface area contributed by atoms with Crippen molar-refractivity contribution < 1.29 is 9.53 Å². The number of nitrogens with zero attached hydrogens (tertiary/aromatic N) is 4. The van der Waals surface area contributed by atoms with Crippen LogP contribution in [0.5, 0.6) is 0 Å². The van der Waals surface area contributed by atoms with Crippen molar-refractivity contribution in [1.82, 2.24) is 9.38 Å². The summed E-state index contributed by atoms with van der Waals surface area (Å²) in [5.74, 6) is 0.682. The molecule has 7 heteroatoms. The van der Waals surface area contributed by atoms with Crippen molar-refractivity contribution in [3.63, 3.8) is 0 Å². The summed E-state index contributed by atoms with van der Waals surface area (Å²) in [6.45, 7) is 5.46. The zero-order valence-corrected chi connectivity index (χ0v) is 18.3. The van der Waals surface area contributed by atoms with Crippen LogP contribution in [0.15, 0.2) is 54.6 Å². The number of fused-ring (bicyclic) bond motifs is 3. The third-order valence-corrected chi connectivity index (χ3v) is 6.19. The van der Waals surface area contributed by atoms with Gasteiger partial charge < -0.3 is 14.5 Å². The first-order valence-corrected chi connectivity index (χ1v) is 10.7. The summed E-state index contributed by atoms with van der Waals surface area (Å²) in [6, 6.07) is 18.0. The molecule has 0 N–H and O–H groups in total. The van der Waals surface area contributed by atoms with E-state index in [2.05, 4.69) is 32.4 Å². The van der Waals surface area contributed by atoms with Gasteiger partial charge in [0.2, 0.25) is 0 Å². The zero-order valence-electron chi connectivity index (χ0n) is 17.5. The Hall–Kier alpha value is -3.25. The van der Waals surface area contributed by atoms with Gasteiger partial charge in [0.15, 0.2) is 5.65 Å². The average Bonchev–Trinajstić information content (AvgIpc) is 3.18. The van der Waals surface area contributed by atoms with Crippen LogP contribution in [-0.4, -0.2) is 48.6 Å². The standard InChI is InChI=1S/C24H23ClN4O2/c1-16-15-21(28-13-11-27(12-14-28)18-9-7-17(25)8-10-18)29-20-6-4-3-5-19(20)26-23(29)22(16)24(30)31-2/h3-10,15H,11-14H2,1-2H3. The number of esters is 1. The maximum Gasteiger partial charge on any atom is 0.341 e. The maximum atomic E-state index is 12.5. The van der Waals surface area contributed by atoms with E-state index in [1.807, 2.05) is 43.3 Å². The molecule has 0 saturated carbocycles. The predicted molar refractivity (Wildman–Crippen MR) is 125 cm³/mol. The Balaban J connectivity index is 1.56. The van der Waals surface area contributed by atoms with Gasteiger partial charge in [-0.05, 0) is 55.0 Å². The van der Waals surface area contributed by atoms with Crippen LogP contribution in [0.2, 0.25) is 5.02 Å². The summed E-state index contributed by atoms with van der Waals surface area (Å²) in [4.78, 5) is 22.0. The summed E-state index contributed by atoms with van der Waals surface area (Å²) < 4.78 is 7.15. The van der Waals surface area contributed by atoms with Gasteiger partial charge in [-0.3, -0.25) is 4.40 Å². The molecule has 158 valence electrons. The number of aryl methyl sites for hydroxylation is 1. The van der Waals surface area contributed by atoms with E-state index in [1.165, 1.54) is 12.8 Å². The summed E-state index contributed by atoms with van der Waals surface area (Å²) in [5, 5.41) is 0.748. The number of piperazine rings is 1. The van der Waals surface area contributed by atoms with Crippen molar-refractivity contribution in [2.75, 3.05) is 43.1 Å². The second-order valence-corrected chi connectivity index (χ2v) is 8.20. The molecule has 0 bridgehead atoms. The van der Waals surface area contributed by atoms with E-state index >= 15 is 0 Å². The lowest BCUT2D eigenvalue weighted by molar-refractivity contribution is 0.0601. The van der Waals surface area contributed by atoms with Crippen LogP contribution in [0, 0.1) is 6.92 Å². The topological polar surface area (TPSA) is 50.1 Å². The lowest BCUT2D eigenvalue weighted by Crippen LogP contribution is -2.47. The minimum absolute atomic E-state index is 0.364. The van der Waals surface area contributed by atoms with Gasteiger partial charge >= 0.3 is 5.97 Å². The van der Waals surface area contributed by atoms with Crippen molar-refractivity contribution >= 4 is 45.8 Å². The average molecular weight is 435 g/mol. The fourth-order valence-electron chi connectivity index (χ4n) is 4.37. The van der Waals surface area contributed by atoms with E-state index in [1.54, 1.807) is 0 Å². The maximum absolute atomic E-state index is 12.5. The van der Waals surface area contributed by atoms with Crippen molar-refractivity contribution in [3.8, 4) is 0 Å². The molecule has 2 aromatic carbocycles. The van der Waals surface area contributed by atoms with Gasteiger partial charge in [-0.2, -0.15) is 0 Å². The molecule has 4 aromatic rings. The third-order valence-electron chi connectivity index (χ3n) is 5.94. The molecule has 31 heavy (non-hydrogen) atoms. The van der Waals surface area contributed by atoms with E-state index in [0.29, 0.717) is 11.2 Å². The molecule has 1 saturated heterocycles. The molecular weight excluding hydrogens is 412 g/mol. The number of imidazole rings is 1. The van der Waals surface area contributed by atoms with Crippen LogP contribution >= 0.6 is 11.6 Å². The van der Waals surface area contributed by atoms with Crippen LogP contribution in [0.3, 0.4) is 0 Å². The minimum Gasteiger partial charge on any atom is -0.465 e. The van der Waals surface area contributed by atoms with Gasteiger partial charge in [0.25, 0.3) is 0 Å². The van der Waals surface area contributed by atoms with E-state index < -0.39 is 0 Å². The molecule has 1 aliphatic rings. The van der Waals surface area contributed by atoms with Crippen LogP contribution in [-0.2, 0) is 4.74 Å². The molecular formula is C24H23ClN4O2. The van der Waals surface area contributed by atoms with Gasteiger partial charge in [-0.25, -0.2) is 9.78 Å². The number of hydrogen-bond acceptors (Lipinski definition) is 5. The normalized spacial score (nSPS) is 14.4. The molecule has 0 unspecified atom stereocenters. The number of carbonyl (C=O) groups excluding carboxylic acids is 1. The Kier molecular flexibility index (Phi) is 4.94. The Labute approximate surface area is 185 Å². The number of rotatable bonds is 3. The first-order valence-electron chi connectivity index (χ1n) is 10.3. The number of benzene rings is 2. The van der Waals surface area contributed by atoms with Crippen LogP contribution in [0.1, 0.15) is 15.9 Å². The summed E-state index contributed by atoms with van der Waals surface area (Å²) in [7, 11) is 1.41. The minimum atomic E-state index is -0.364. The number of para-hydroxylation sites is 2. The molecule has 0 spiro atoms. The van der Waals surface area contributed by atoms with Crippen LogP contribution in [0.4, 0.5) is 11.5 Å². The molecule has 5 rings (SSSR count). The molecule has 0 radical (unpaired) electrons. The largest absolute Gasteiger partial charge is 0.465 e. The number of aromatic nitrogens is 2. The Morgan fingerprint density at radius 2 is 1.68 bits per heavy atom. The van der Waals surface area contributed by atoms with Crippen molar-refractivity contribution in [3.05, 3.63) is 70.7 Å². The van der Waals surface area contributed by atoms with Gasteiger partial charge in [0.1, 0.15) is 11.4 Å². The molecule has 1 fully saturated rings. The smallest absolute Gasteiger partial charge is 0.341 e. The van der Waals surface area contributed by atoms with E-state index in [9.17, 15) is 4.79 Å². The first-order chi connectivity index (χ1) is 15.1. The number of ether oxygens (including phenoxy) is 1. The molecule has 0 amide bonds. The highest BCUT2D eigenvalue weighted by Crippen LogP contribution is 2.30. The van der Waals surface area contributed by atoms with Gasteiger partial charge in [0, 0.05) is 36.9 Å². The Morgan fingerprint density at radius 1 is 1.00 bits per heavy atom. The highest BCUT2D eigenvalue weighted by atomic mass is 35.5. The van der Waals surface area contributed by atoms with Crippen LogP contribution < -0.4 is 9.80 Å². The number of pyridine rings is 1. The number of carbonyl (C=O) groups is 1. The summed E-state index contributed by atoms with van der Waals surface area (Å²) in [6.07, 6.45) is 0. The SMILES string of the molecule is COC(=O)c1c(C)cc(N2CCN(c3ccc(Cl)cc3)CC2)n2c1nc1ccccc12. The molecule has 0 atom stereocenters. The lowest BCUT2D eigenvalue weighted by Gasteiger charge is -2.37. The number of methoxy groups -OCH3 is 1. The van der Waals surface area contributed by atoms with E-state index in [-0.39, 0.29) is 5.97 Å². The molecule has 2 aromatic heterocycles. The Bertz CT molecular complexity index is 1270. The molecule has 1 aliphatic heterocycles. The Morgan fingerprint density at radius 3 is 2.39 bits per heavy atom. The monoisotopic (exact) mass is 434 g/mol.